The first kappa shape index (κ1) is 10.6. The maximum absolute atomic E-state index is 5.17. The van der Waals surface area contributed by atoms with Crippen molar-refractivity contribution in [3.63, 3.8) is 0 Å². The molecule has 0 spiro atoms. The largest absolute Gasteiger partial charge is 0.497 e. The van der Waals surface area contributed by atoms with Gasteiger partial charge in [0.2, 0.25) is 0 Å². The number of methoxy groups -OCH3 is 1. The van der Waals surface area contributed by atoms with Crippen LogP contribution in [0, 0.1) is 6.07 Å². The predicted octanol–water partition coefficient (Wildman–Crippen LogP) is 3.11. The Balaban J connectivity index is 1.99. The summed E-state index contributed by atoms with van der Waals surface area (Å²) >= 11 is 0. The number of hydrogen-bond acceptors (Lipinski definition) is 2. The van der Waals surface area contributed by atoms with Gasteiger partial charge < -0.3 is 10.1 Å². The van der Waals surface area contributed by atoms with Crippen molar-refractivity contribution in [2.24, 2.45) is 0 Å². The van der Waals surface area contributed by atoms with Crippen molar-refractivity contribution in [1.29, 1.82) is 0 Å². The second-order valence-electron chi connectivity index (χ2n) is 3.49. The normalized spacial score (nSPS) is 9.81. The lowest BCUT2D eigenvalue weighted by molar-refractivity contribution is 0.414. The van der Waals surface area contributed by atoms with E-state index in [1.807, 2.05) is 42.5 Å². The number of hydrogen-bond donors (Lipinski definition) is 1. The van der Waals surface area contributed by atoms with Gasteiger partial charge in [0.15, 0.2) is 0 Å². The van der Waals surface area contributed by atoms with E-state index in [2.05, 4.69) is 17.4 Å². The summed E-state index contributed by atoms with van der Waals surface area (Å²) in [5.74, 6) is 0.890. The molecule has 0 aromatic heterocycles. The van der Waals surface area contributed by atoms with Crippen LogP contribution in [0.3, 0.4) is 0 Å². The fraction of sp³-hybridized carbons (Fsp3) is 0.143. The van der Waals surface area contributed by atoms with E-state index >= 15 is 0 Å². The van der Waals surface area contributed by atoms with Gasteiger partial charge in [-0.1, -0.05) is 24.3 Å². The average molecular weight is 212 g/mol. The van der Waals surface area contributed by atoms with Crippen molar-refractivity contribution >= 4 is 5.69 Å². The molecule has 1 N–H and O–H groups in total. The van der Waals surface area contributed by atoms with Gasteiger partial charge in [-0.05, 0) is 35.9 Å². The SMILES string of the molecule is COc1cccc(CNc2cc[c]cc2)c1. The monoisotopic (exact) mass is 212 g/mol. The lowest BCUT2D eigenvalue weighted by Crippen LogP contribution is -1.99. The van der Waals surface area contributed by atoms with Crippen molar-refractivity contribution < 1.29 is 4.74 Å². The van der Waals surface area contributed by atoms with Crippen LogP contribution in [0.1, 0.15) is 5.56 Å². The van der Waals surface area contributed by atoms with Crippen molar-refractivity contribution in [2.45, 2.75) is 6.54 Å². The molecule has 0 aliphatic rings. The van der Waals surface area contributed by atoms with Gasteiger partial charge in [-0.25, -0.2) is 0 Å². The maximum atomic E-state index is 5.17. The molecular formula is C14H14NO. The van der Waals surface area contributed by atoms with E-state index in [9.17, 15) is 0 Å². The Morgan fingerprint density at radius 1 is 1.19 bits per heavy atom. The van der Waals surface area contributed by atoms with Crippen LogP contribution in [0.4, 0.5) is 5.69 Å². The topological polar surface area (TPSA) is 21.3 Å². The van der Waals surface area contributed by atoms with Crippen LogP contribution in [0.25, 0.3) is 0 Å². The molecule has 0 amide bonds. The van der Waals surface area contributed by atoms with Gasteiger partial charge in [0.1, 0.15) is 5.75 Å². The van der Waals surface area contributed by atoms with Gasteiger partial charge in [-0.15, -0.1) is 0 Å². The zero-order chi connectivity index (χ0) is 11.2. The van der Waals surface area contributed by atoms with Crippen LogP contribution in [-0.2, 0) is 6.54 Å². The lowest BCUT2D eigenvalue weighted by atomic mass is 10.2. The van der Waals surface area contributed by atoms with E-state index in [0.717, 1.165) is 18.0 Å². The molecule has 81 valence electrons. The highest BCUT2D eigenvalue weighted by molar-refractivity contribution is 5.43. The highest BCUT2D eigenvalue weighted by Gasteiger charge is 1.95. The fourth-order valence-corrected chi connectivity index (χ4v) is 1.49. The number of ether oxygens (including phenoxy) is 1. The molecule has 0 unspecified atom stereocenters. The molecule has 2 rings (SSSR count). The minimum atomic E-state index is 0.793. The predicted molar refractivity (Wildman–Crippen MR) is 65.6 cm³/mol. The molecule has 2 heteroatoms. The fourth-order valence-electron chi connectivity index (χ4n) is 1.49. The second-order valence-corrected chi connectivity index (χ2v) is 3.49. The molecule has 0 saturated heterocycles. The summed E-state index contributed by atoms with van der Waals surface area (Å²) in [6, 6.07) is 18.8. The molecule has 0 aliphatic carbocycles. The average Bonchev–Trinajstić information content (AvgIpc) is 2.38. The number of nitrogens with one attached hydrogen (secondary N) is 1. The zero-order valence-electron chi connectivity index (χ0n) is 9.23. The number of rotatable bonds is 4. The van der Waals surface area contributed by atoms with E-state index in [4.69, 9.17) is 4.74 Å². The number of benzene rings is 2. The molecule has 0 atom stereocenters. The summed E-state index contributed by atoms with van der Waals surface area (Å²) in [6.45, 7) is 0.793. The van der Waals surface area contributed by atoms with E-state index in [0.29, 0.717) is 0 Å². The molecule has 2 nitrogen and oxygen atoms in total. The summed E-state index contributed by atoms with van der Waals surface area (Å²) in [6.07, 6.45) is 0. The Kier molecular flexibility index (Phi) is 3.44. The summed E-state index contributed by atoms with van der Waals surface area (Å²) in [4.78, 5) is 0. The Morgan fingerprint density at radius 2 is 2.00 bits per heavy atom. The van der Waals surface area contributed by atoms with Crippen LogP contribution in [-0.4, -0.2) is 7.11 Å². The molecule has 1 radical (unpaired) electrons. The Hall–Kier alpha value is -1.96. The van der Waals surface area contributed by atoms with Gasteiger partial charge >= 0.3 is 0 Å². The third-order valence-electron chi connectivity index (χ3n) is 2.35. The molecule has 2 aromatic rings. The smallest absolute Gasteiger partial charge is 0.119 e. The van der Waals surface area contributed by atoms with Gasteiger partial charge in [0, 0.05) is 12.2 Å². The minimum Gasteiger partial charge on any atom is -0.497 e. The van der Waals surface area contributed by atoms with Crippen LogP contribution >= 0.6 is 0 Å². The molecule has 0 heterocycles. The number of anilines is 1. The van der Waals surface area contributed by atoms with Crippen LogP contribution < -0.4 is 10.1 Å². The van der Waals surface area contributed by atoms with Gasteiger partial charge in [-0.3, -0.25) is 0 Å². The quantitative estimate of drug-likeness (QED) is 0.840. The molecule has 0 saturated carbocycles. The molecule has 2 aromatic carbocycles. The maximum Gasteiger partial charge on any atom is 0.119 e. The molecular weight excluding hydrogens is 198 g/mol. The summed E-state index contributed by atoms with van der Waals surface area (Å²) in [5, 5.41) is 3.34. The zero-order valence-corrected chi connectivity index (χ0v) is 9.23. The molecule has 0 bridgehead atoms. The molecule has 16 heavy (non-hydrogen) atoms. The summed E-state index contributed by atoms with van der Waals surface area (Å²) < 4.78 is 5.17. The van der Waals surface area contributed by atoms with Crippen molar-refractivity contribution in [1.82, 2.24) is 0 Å². The molecule has 0 fully saturated rings. The van der Waals surface area contributed by atoms with Crippen LogP contribution in [0.2, 0.25) is 0 Å². The first-order valence-electron chi connectivity index (χ1n) is 5.21. The van der Waals surface area contributed by atoms with E-state index in [1.165, 1.54) is 5.56 Å². The highest BCUT2D eigenvalue weighted by atomic mass is 16.5. The minimum absolute atomic E-state index is 0.793. The third-order valence-corrected chi connectivity index (χ3v) is 2.35. The van der Waals surface area contributed by atoms with E-state index in [1.54, 1.807) is 7.11 Å². The Bertz CT molecular complexity index is 439. The standard InChI is InChI=1S/C14H14NO/c1-16-14-9-5-6-12(10-14)11-15-13-7-3-2-4-8-13/h3-10,15H,11H2,1H3. The summed E-state index contributed by atoms with van der Waals surface area (Å²) in [7, 11) is 1.68. The molecule has 0 aliphatic heterocycles. The van der Waals surface area contributed by atoms with Crippen molar-refractivity contribution in [2.75, 3.05) is 12.4 Å². The van der Waals surface area contributed by atoms with Gasteiger partial charge in [0.05, 0.1) is 7.11 Å². The van der Waals surface area contributed by atoms with E-state index < -0.39 is 0 Å². The van der Waals surface area contributed by atoms with Gasteiger partial charge in [0.25, 0.3) is 0 Å². The second kappa shape index (κ2) is 5.21. The van der Waals surface area contributed by atoms with Crippen LogP contribution in [0.15, 0.2) is 48.5 Å². The van der Waals surface area contributed by atoms with Crippen molar-refractivity contribution in [3.8, 4) is 5.75 Å². The van der Waals surface area contributed by atoms with E-state index in [-0.39, 0.29) is 0 Å². The highest BCUT2D eigenvalue weighted by Crippen LogP contribution is 2.14. The summed E-state index contributed by atoms with van der Waals surface area (Å²) in [5.41, 5.74) is 2.30. The lowest BCUT2D eigenvalue weighted by Gasteiger charge is -2.07. The third kappa shape index (κ3) is 2.76. The van der Waals surface area contributed by atoms with Crippen LogP contribution in [0.5, 0.6) is 5.75 Å². The van der Waals surface area contributed by atoms with Gasteiger partial charge in [-0.2, -0.15) is 0 Å². The first-order valence-corrected chi connectivity index (χ1v) is 5.21. The van der Waals surface area contributed by atoms with Crippen molar-refractivity contribution in [3.05, 3.63) is 60.2 Å². The Labute approximate surface area is 95.9 Å². The Morgan fingerprint density at radius 3 is 2.75 bits per heavy atom. The first-order chi connectivity index (χ1) is 7.88.